The number of carbonyl (C=O) groups is 1. The largest absolute Gasteiger partial charge is 0.326 e. The van der Waals surface area contributed by atoms with Crippen LogP contribution in [0.5, 0.6) is 0 Å². The van der Waals surface area contributed by atoms with Gasteiger partial charge in [0.05, 0.1) is 5.38 Å². The molecule has 0 radical (unpaired) electrons. The van der Waals surface area contributed by atoms with Crippen LogP contribution in [-0.4, -0.2) is 5.91 Å². The SMILES string of the molecule is Cc1cscc1C(Cl)c1cc2c(cc1F)NC(=O)CC2. The van der Waals surface area contributed by atoms with Crippen molar-refractivity contribution in [3.05, 3.63) is 51.0 Å². The number of halogens is 2. The second-order valence-electron chi connectivity index (χ2n) is 4.95. The lowest BCUT2D eigenvalue weighted by Crippen LogP contribution is -2.19. The zero-order chi connectivity index (χ0) is 14.3. The lowest BCUT2D eigenvalue weighted by atomic mass is 9.96. The first kappa shape index (κ1) is 13.6. The molecule has 0 bridgehead atoms. The highest BCUT2D eigenvalue weighted by atomic mass is 35.5. The molecule has 0 saturated carbocycles. The molecule has 20 heavy (non-hydrogen) atoms. The quantitative estimate of drug-likeness (QED) is 0.818. The van der Waals surface area contributed by atoms with E-state index in [1.165, 1.54) is 6.07 Å². The van der Waals surface area contributed by atoms with Crippen molar-refractivity contribution in [3.8, 4) is 0 Å². The summed E-state index contributed by atoms with van der Waals surface area (Å²) in [5, 5.41) is 6.15. The first-order chi connectivity index (χ1) is 9.56. The number of alkyl halides is 1. The number of nitrogens with one attached hydrogen (secondary N) is 1. The van der Waals surface area contributed by atoms with Crippen molar-refractivity contribution in [2.45, 2.75) is 25.1 Å². The van der Waals surface area contributed by atoms with Crippen molar-refractivity contribution in [1.82, 2.24) is 0 Å². The van der Waals surface area contributed by atoms with Crippen molar-refractivity contribution < 1.29 is 9.18 Å². The molecule has 5 heteroatoms. The maximum atomic E-state index is 14.2. The minimum absolute atomic E-state index is 0.0687. The highest BCUT2D eigenvalue weighted by Gasteiger charge is 2.22. The fourth-order valence-electron chi connectivity index (χ4n) is 2.41. The Labute approximate surface area is 125 Å². The predicted octanol–water partition coefficient (Wildman–Crippen LogP) is 4.41. The van der Waals surface area contributed by atoms with E-state index < -0.39 is 5.38 Å². The van der Waals surface area contributed by atoms with Crippen LogP contribution in [0.4, 0.5) is 10.1 Å². The van der Waals surface area contributed by atoms with Gasteiger partial charge in [-0.15, -0.1) is 11.6 Å². The number of rotatable bonds is 2. The molecular formula is C15H13ClFNOS. The van der Waals surface area contributed by atoms with E-state index in [0.717, 1.165) is 16.7 Å². The van der Waals surface area contributed by atoms with E-state index in [-0.39, 0.29) is 11.7 Å². The molecule has 2 heterocycles. The van der Waals surface area contributed by atoms with E-state index >= 15 is 0 Å². The molecule has 0 spiro atoms. The third-order valence-corrected chi connectivity index (χ3v) is 4.91. The molecule has 1 aliphatic rings. The number of aryl methyl sites for hydroxylation is 2. The molecular weight excluding hydrogens is 297 g/mol. The molecule has 1 atom stereocenters. The Kier molecular flexibility index (Phi) is 3.52. The molecule has 1 aliphatic heterocycles. The van der Waals surface area contributed by atoms with Crippen molar-refractivity contribution >= 4 is 34.5 Å². The molecule has 104 valence electrons. The molecule has 2 aromatic rings. The van der Waals surface area contributed by atoms with Gasteiger partial charge in [0.25, 0.3) is 0 Å². The molecule has 1 unspecified atom stereocenters. The molecule has 0 fully saturated rings. The zero-order valence-electron chi connectivity index (χ0n) is 10.9. The summed E-state index contributed by atoms with van der Waals surface area (Å²) in [6.07, 6.45) is 1.06. The lowest BCUT2D eigenvalue weighted by Gasteiger charge is -2.20. The second-order valence-corrected chi connectivity index (χ2v) is 6.13. The fourth-order valence-corrected chi connectivity index (χ4v) is 3.77. The molecule has 1 aromatic heterocycles. The summed E-state index contributed by atoms with van der Waals surface area (Å²) in [7, 11) is 0. The Morgan fingerprint density at radius 2 is 2.10 bits per heavy atom. The predicted molar refractivity (Wildman–Crippen MR) is 80.1 cm³/mol. The molecule has 0 aliphatic carbocycles. The van der Waals surface area contributed by atoms with Crippen LogP contribution in [0, 0.1) is 12.7 Å². The van der Waals surface area contributed by atoms with Gasteiger partial charge in [0.2, 0.25) is 5.91 Å². The molecule has 1 aromatic carbocycles. The standard InChI is InChI=1S/C15H13ClFNOS/c1-8-6-20-7-11(8)15(16)10-4-9-2-3-14(19)18-13(9)5-12(10)17/h4-7,15H,2-3H2,1H3,(H,18,19). The number of amides is 1. The summed E-state index contributed by atoms with van der Waals surface area (Å²) in [5.74, 6) is -0.447. The Balaban J connectivity index is 2.02. The summed E-state index contributed by atoms with van der Waals surface area (Å²) in [6.45, 7) is 1.97. The van der Waals surface area contributed by atoms with Crippen LogP contribution in [0.2, 0.25) is 0 Å². The fraction of sp³-hybridized carbons (Fsp3) is 0.267. The van der Waals surface area contributed by atoms with Crippen molar-refractivity contribution in [2.24, 2.45) is 0 Å². The third kappa shape index (κ3) is 2.34. The number of thiophene rings is 1. The number of benzene rings is 1. The van der Waals surface area contributed by atoms with Crippen LogP contribution in [0.25, 0.3) is 0 Å². The molecule has 2 nitrogen and oxygen atoms in total. The zero-order valence-corrected chi connectivity index (χ0v) is 12.4. The summed E-state index contributed by atoms with van der Waals surface area (Å²) >= 11 is 7.99. The molecule has 1 N–H and O–H groups in total. The third-order valence-electron chi connectivity index (χ3n) is 3.56. The maximum Gasteiger partial charge on any atom is 0.224 e. The summed E-state index contributed by atoms with van der Waals surface area (Å²) < 4.78 is 14.2. The molecule has 3 rings (SSSR count). The minimum Gasteiger partial charge on any atom is -0.326 e. The van der Waals surface area contributed by atoms with Gasteiger partial charge in [-0.05, 0) is 52.9 Å². The van der Waals surface area contributed by atoms with Gasteiger partial charge in [-0.2, -0.15) is 11.3 Å². The average Bonchev–Trinajstić information content (AvgIpc) is 2.83. The summed E-state index contributed by atoms with van der Waals surface area (Å²) in [6, 6.07) is 3.15. The maximum absolute atomic E-state index is 14.2. The number of fused-ring (bicyclic) bond motifs is 1. The molecule has 1 amide bonds. The van der Waals surface area contributed by atoms with Gasteiger partial charge in [-0.1, -0.05) is 0 Å². The van der Waals surface area contributed by atoms with Gasteiger partial charge in [-0.3, -0.25) is 4.79 Å². The highest BCUT2D eigenvalue weighted by Crippen LogP contribution is 2.37. The van der Waals surface area contributed by atoms with Gasteiger partial charge in [0.15, 0.2) is 0 Å². The van der Waals surface area contributed by atoms with Gasteiger partial charge in [0.1, 0.15) is 5.82 Å². The second kappa shape index (κ2) is 5.19. The Morgan fingerprint density at radius 3 is 2.80 bits per heavy atom. The van der Waals surface area contributed by atoms with E-state index in [4.69, 9.17) is 11.6 Å². The highest BCUT2D eigenvalue weighted by molar-refractivity contribution is 7.08. The van der Waals surface area contributed by atoms with Crippen molar-refractivity contribution in [1.29, 1.82) is 0 Å². The van der Waals surface area contributed by atoms with Gasteiger partial charge >= 0.3 is 0 Å². The first-order valence-corrected chi connectivity index (χ1v) is 7.73. The smallest absolute Gasteiger partial charge is 0.224 e. The monoisotopic (exact) mass is 309 g/mol. The Hall–Kier alpha value is -1.39. The van der Waals surface area contributed by atoms with E-state index in [2.05, 4.69) is 5.32 Å². The van der Waals surface area contributed by atoms with E-state index in [1.807, 2.05) is 17.7 Å². The Morgan fingerprint density at radius 1 is 1.30 bits per heavy atom. The van der Waals surface area contributed by atoms with E-state index in [1.54, 1.807) is 17.4 Å². The number of hydrogen-bond acceptors (Lipinski definition) is 2. The van der Waals surface area contributed by atoms with Crippen LogP contribution >= 0.6 is 22.9 Å². The first-order valence-electron chi connectivity index (χ1n) is 6.35. The minimum atomic E-state index is -0.496. The van der Waals surface area contributed by atoms with E-state index in [9.17, 15) is 9.18 Å². The van der Waals surface area contributed by atoms with E-state index in [0.29, 0.717) is 24.1 Å². The summed E-state index contributed by atoms with van der Waals surface area (Å²) in [4.78, 5) is 11.3. The Bertz CT molecular complexity index is 683. The van der Waals surface area contributed by atoms with Crippen LogP contribution in [0.3, 0.4) is 0 Å². The molecule has 0 saturated heterocycles. The average molecular weight is 310 g/mol. The number of carbonyl (C=O) groups excluding carboxylic acids is 1. The van der Waals surface area contributed by atoms with Crippen LogP contribution < -0.4 is 5.32 Å². The topological polar surface area (TPSA) is 29.1 Å². The number of hydrogen-bond donors (Lipinski definition) is 1. The van der Waals surface area contributed by atoms with Crippen LogP contribution in [0.15, 0.2) is 22.9 Å². The van der Waals surface area contributed by atoms with Crippen LogP contribution in [-0.2, 0) is 11.2 Å². The van der Waals surface area contributed by atoms with Crippen LogP contribution in [0.1, 0.15) is 34.1 Å². The number of anilines is 1. The van der Waals surface area contributed by atoms with Crippen molar-refractivity contribution in [3.63, 3.8) is 0 Å². The van der Waals surface area contributed by atoms with Gasteiger partial charge in [-0.25, -0.2) is 4.39 Å². The van der Waals surface area contributed by atoms with Gasteiger partial charge in [0, 0.05) is 17.7 Å². The van der Waals surface area contributed by atoms with Gasteiger partial charge < -0.3 is 5.32 Å². The lowest BCUT2D eigenvalue weighted by molar-refractivity contribution is -0.116. The normalized spacial score (nSPS) is 15.7. The van der Waals surface area contributed by atoms with Crippen molar-refractivity contribution in [2.75, 3.05) is 5.32 Å². The summed E-state index contributed by atoms with van der Waals surface area (Å²) in [5.41, 5.74) is 3.99.